The molecule has 2 heterocycles. The lowest BCUT2D eigenvalue weighted by Gasteiger charge is -2.35. The van der Waals surface area contributed by atoms with E-state index in [1.165, 1.54) is 0 Å². The Balaban J connectivity index is 1.66. The van der Waals surface area contributed by atoms with Gasteiger partial charge in [0, 0.05) is 11.6 Å². The van der Waals surface area contributed by atoms with E-state index in [4.69, 9.17) is 16.0 Å². The van der Waals surface area contributed by atoms with E-state index >= 15 is 0 Å². The number of benzene rings is 1. The molecule has 1 aromatic heterocycles. The van der Waals surface area contributed by atoms with E-state index in [2.05, 4.69) is 16.5 Å². The predicted molar refractivity (Wildman–Crippen MR) is 103 cm³/mol. The van der Waals surface area contributed by atoms with Gasteiger partial charge in [0.15, 0.2) is 0 Å². The van der Waals surface area contributed by atoms with E-state index in [1.54, 1.807) is 30.5 Å². The van der Waals surface area contributed by atoms with E-state index in [0.29, 0.717) is 23.0 Å². The molecular formula is C19H25ClN2O3S. The molecule has 142 valence electrons. The molecule has 1 atom stereocenters. The number of sulfonamides is 1. The molecule has 26 heavy (non-hydrogen) atoms. The van der Waals surface area contributed by atoms with Gasteiger partial charge < -0.3 is 4.42 Å². The second kappa shape index (κ2) is 8.57. The van der Waals surface area contributed by atoms with Crippen LogP contribution in [0.25, 0.3) is 0 Å². The van der Waals surface area contributed by atoms with Crippen molar-refractivity contribution in [2.45, 2.75) is 31.6 Å². The van der Waals surface area contributed by atoms with Crippen molar-refractivity contribution >= 4 is 21.6 Å². The van der Waals surface area contributed by atoms with Gasteiger partial charge in [0.1, 0.15) is 5.76 Å². The van der Waals surface area contributed by atoms with Gasteiger partial charge in [-0.15, -0.1) is 0 Å². The molecule has 0 aliphatic carbocycles. The zero-order chi connectivity index (χ0) is 18.6. The SMILES string of the molecule is CC1CCN(C(CNS(=O)(=O)Cc2ccc(Cl)cc2)c2ccco2)CC1. The highest BCUT2D eigenvalue weighted by Crippen LogP contribution is 2.27. The summed E-state index contributed by atoms with van der Waals surface area (Å²) in [5.74, 6) is 1.45. The van der Waals surface area contributed by atoms with Crippen molar-refractivity contribution in [3.8, 4) is 0 Å². The van der Waals surface area contributed by atoms with E-state index in [9.17, 15) is 8.42 Å². The minimum atomic E-state index is -3.44. The maximum atomic E-state index is 12.5. The average Bonchev–Trinajstić information content (AvgIpc) is 3.13. The van der Waals surface area contributed by atoms with Crippen LogP contribution in [0, 0.1) is 5.92 Å². The molecule has 0 bridgehead atoms. The largest absolute Gasteiger partial charge is 0.468 e. The number of likely N-dealkylation sites (tertiary alicyclic amines) is 1. The Morgan fingerprint density at radius 3 is 2.54 bits per heavy atom. The number of halogens is 1. The van der Waals surface area contributed by atoms with Gasteiger partial charge in [-0.2, -0.15) is 0 Å². The molecule has 1 fully saturated rings. The predicted octanol–water partition coefficient (Wildman–Crippen LogP) is 3.83. The molecule has 2 aromatic rings. The van der Waals surface area contributed by atoms with Crippen molar-refractivity contribution in [1.82, 2.24) is 9.62 Å². The smallest absolute Gasteiger partial charge is 0.215 e. The number of nitrogens with zero attached hydrogens (tertiary/aromatic N) is 1. The summed E-state index contributed by atoms with van der Waals surface area (Å²) < 4.78 is 33.3. The van der Waals surface area contributed by atoms with Crippen LogP contribution in [0.3, 0.4) is 0 Å². The Morgan fingerprint density at radius 1 is 1.23 bits per heavy atom. The van der Waals surface area contributed by atoms with Gasteiger partial charge in [-0.1, -0.05) is 30.7 Å². The first-order valence-electron chi connectivity index (χ1n) is 8.92. The molecule has 0 amide bonds. The Kier molecular flexibility index (Phi) is 6.40. The third kappa shape index (κ3) is 5.33. The topological polar surface area (TPSA) is 62.6 Å². The first kappa shape index (κ1) is 19.4. The van der Waals surface area contributed by atoms with E-state index in [-0.39, 0.29) is 11.8 Å². The molecule has 1 aromatic carbocycles. The molecule has 0 spiro atoms. The van der Waals surface area contributed by atoms with E-state index in [1.807, 2.05) is 12.1 Å². The quantitative estimate of drug-likeness (QED) is 0.772. The highest BCUT2D eigenvalue weighted by atomic mass is 35.5. The standard InChI is InChI=1S/C19H25ClN2O3S/c1-15-8-10-22(11-9-15)18(19-3-2-12-25-19)13-21-26(23,24)14-16-4-6-17(20)7-5-16/h2-7,12,15,18,21H,8-11,13-14H2,1H3. The Morgan fingerprint density at radius 2 is 1.92 bits per heavy atom. The third-order valence-electron chi connectivity index (χ3n) is 4.90. The molecule has 0 saturated carbocycles. The lowest BCUT2D eigenvalue weighted by Crippen LogP contribution is -2.42. The van der Waals surface area contributed by atoms with Crippen molar-refractivity contribution in [3.63, 3.8) is 0 Å². The van der Waals surface area contributed by atoms with Crippen LogP contribution in [0.15, 0.2) is 47.1 Å². The van der Waals surface area contributed by atoms with Crippen LogP contribution in [0.2, 0.25) is 5.02 Å². The zero-order valence-electron chi connectivity index (χ0n) is 14.9. The lowest BCUT2D eigenvalue weighted by atomic mass is 9.97. The normalized spacial score (nSPS) is 18.1. The van der Waals surface area contributed by atoms with Crippen LogP contribution in [0.4, 0.5) is 0 Å². The van der Waals surface area contributed by atoms with E-state index in [0.717, 1.165) is 31.7 Å². The molecule has 1 aliphatic heterocycles. The van der Waals surface area contributed by atoms with E-state index < -0.39 is 10.0 Å². The molecule has 7 heteroatoms. The fourth-order valence-electron chi connectivity index (χ4n) is 3.29. The summed E-state index contributed by atoms with van der Waals surface area (Å²) in [5, 5.41) is 0.594. The van der Waals surface area contributed by atoms with Crippen LogP contribution in [0.1, 0.15) is 37.1 Å². The van der Waals surface area contributed by atoms with Crippen molar-refractivity contribution in [3.05, 3.63) is 59.0 Å². The first-order chi connectivity index (χ1) is 12.4. The fraction of sp³-hybridized carbons (Fsp3) is 0.474. The molecule has 1 aliphatic rings. The van der Waals surface area contributed by atoms with Crippen LogP contribution < -0.4 is 4.72 Å². The van der Waals surface area contributed by atoms with Crippen LogP contribution in [0.5, 0.6) is 0 Å². The summed E-state index contributed by atoms with van der Waals surface area (Å²) in [7, 11) is -3.44. The summed E-state index contributed by atoms with van der Waals surface area (Å²) in [5.41, 5.74) is 0.711. The highest BCUT2D eigenvalue weighted by molar-refractivity contribution is 7.88. The molecular weight excluding hydrogens is 372 g/mol. The van der Waals surface area contributed by atoms with Crippen molar-refractivity contribution < 1.29 is 12.8 Å². The highest BCUT2D eigenvalue weighted by Gasteiger charge is 2.27. The van der Waals surface area contributed by atoms with Crippen LogP contribution in [-0.2, 0) is 15.8 Å². The average molecular weight is 397 g/mol. The van der Waals surface area contributed by atoms with Gasteiger partial charge in [0.2, 0.25) is 10.0 Å². The second-order valence-corrected chi connectivity index (χ2v) is 9.23. The monoisotopic (exact) mass is 396 g/mol. The summed E-state index contributed by atoms with van der Waals surface area (Å²) in [6.45, 7) is 4.46. The summed E-state index contributed by atoms with van der Waals surface area (Å²) in [6, 6.07) is 10.5. The maximum Gasteiger partial charge on any atom is 0.215 e. The summed E-state index contributed by atoms with van der Waals surface area (Å²) >= 11 is 5.86. The summed E-state index contributed by atoms with van der Waals surface area (Å²) in [4.78, 5) is 2.31. The second-order valence-electron chi connectivity index (χ2n) is 6.98. The van der Waals surface area contributed by atoms with Crippen molar-refractivity contribution in [2.24, 2.45) is 5.92 Å². The number of nitrogens with one attached hydrogen (secondary N) is 1. The van der Waals surface area contributed by atoms with Crippen molar-refractivity contribution in [2.75, 3.05) is 19.6 Å². The Labute approximate surface area is 160 Å². The number of furan rings is 1. The van der Waals surface area contributed by atoms with Gasteiger partial charge in [0.25, 0.3) is 0 Å². The third-order valence-corrected chi connectivity index (χ3v) is 6.47. The minimum absolute atomic E-state index is 0.0634. The van der Waals surface area contributed by atoms with Crippen molar-refractivity contribution in [1.29, 1.82) is 0 Å². The first-order valence-corrected chi connectivity index (χ1v) is 11.0. The molecule has 1 saturated heterocycles. The molecule has 1 N–H and O–H groups in total. The molecule has 0 radical (unpaired) electrons. The van der Waals surface area contributed by atoms with Gasteiger partial charge in [-0.05, 0) is 61.7 Å². The fourth-order valence-corrected chi connectivity index (χ4v) is 4.56. The summed E-state index contributed by atoms with van der Waals surface area (Å²) in [6.07, 6.45) is 3.88. The van der Waals surface area contributed by atoms with Gasteiger partial charge in [-0.25, -0.2) is 13.1 Å². The Hall–Kier alpha value is -1.34. The van der Waals surface area contributed by atoms with Crippen LogP contribution in [-0.4, -0.2) is 33.0 Å². The minimum Gasteiger partial charge on any atom is -0.468 e. The van der Waals surface area contributed by atoms with Gasteiger partial charge >= 0.3 is 0 Å². The molecule has 3 rings (SSSR count). The number of hydrogen-bond acceptors (Lipinski definition) is 4. The number of rotatable bonds is 7. The Bertz CT molecular complexity index is 783. The number of hydrogen-bond donors (Lipinski definition) is 1. The van der Waals surface area contributed by atoms with Crippen LogP contribution >= 0.6 is 11.6 Å². The molecule has 1 unspecified atom stereocenters. The van der Waals surface area contributed by atoms with Gasteiger partial charge in [-0.3, -0.25) is 4.90 Å². The molecule has 5 nitrogen and oxygen atoms in total. The zero-order valence-corrected chi connectivity index (χ0v) is 16.5. The lowest BCUT2D eigenvalue weighted by molar-refractivity contribution is 0.125. The number of piperidine rings is 1. The maximum absolute atomic E-state index is 12.5. The van der Waals surface area contributed by atoms with Gasteiger partial charge in [0.05, 0.1) is 18.1 Å².